The molecule has 0 aliphatic heterocycles. The fraction of sp³-hybridized carbons (Fsp3) is 0.562. The van der Waals surface area contributed by atoms with Gasteiger partial charge in [-0.2, -0.15) is 0 Å². The van der Waals surface area contributed by atoms with E-state index in [2.05, 4.69) is 5.32 Å². The largest absolute Gasteiger partial charge is 0.478 e. The van der Waals surface area contributed by atoms with Crippen molar-refractivity contribution < 1.29 is 19.0 Å². The van der Waals surface area contributed by atoms with E-state index in [1.807, 2.05) is 20.8 Å². The number of benzene rings is 1. The Labute approximate surface area is 125 Å². The van der Waals surface area contributed by atoms with Gasteiger partial charge < -0.3 is 15.2 Å². The number of ether oxygens (including phenoxy) is 1. The highest BCUT2D eigenvalue weighted by Gasteiger charge is 2.25. The average Bonchev–Trinajstić information content (AvgIpc) is 2.42. The summed E-state index contributed by atoms with van der Waals surface area (Å²) in [5.41, 5.74) is -0.318. The first kappa shape index (κ1) is 17.4. The number of halogens is 1. The van der Waals surface area contributed by atoms with Crippen molar-refractivity contribution in [3.05, 3.63) is 30.1 Å². The fourth-order valence-corrected chi connectivity index (χ4v) is 1.63. The van der Waals surface area contributed by atoms with Crippen LogP contribution in [-0.2, 0) is 4.79 Å². The van der Waals surface area contributed by atoms with Gasteiger partial charge >= 0.3 is 0 Å². The van der Waals surface area contributed by atoms with Gasteiger partial charge in [-0.1, -0.05) is 39.8 Å². The summed E-state index contributed by atoms with van der Waals surface area (Å²) in [7, 11) is 0. The zero-order valence-corrected chi connectivity index (χ0v) is 13.0. The van der Waals surface area contributed by atoms with Gasteiger partial charge in [-0.05, 0) is 24.0 Å². The summed E-state index contributed by atoms with van der Waals surface area (Å²) >= 11 is 0. The molecule has 0 aliphatic rings. The lowest BCUT2D eigenvalue weighted by molar-refractivity contribution is -0.129. The Hall–Kier alpha value is -1.62. The standard InChI is InChI=1S/C16H24FNO3/c1-5-12(21-13-9-7-6-8-11(13)17)15(20)18-10-14(19)16(2,3)4/h6-9,12,14,19H,5,10H2,1-4H3,(H,18,20). The first-order valence-electron chi connectivity index (χ1n) is 7.12. The fourth-order valence-electron chi connectivity index (χ4n) is 1.63. The van der Waals surface area contributed by atoms with E-state index in [9.17, 15) is 14.3 Å². The van der Waals surface area contributed by atoms with Crippen LogP contribution in [-0.4, -0.2) is 29.8 Å². The lowest BCUT2D eigenvalue weighted by Crippen LogP contribution is -2.44. The summed E-state index contributed by atoms with van der Waals surface area (Å²) in [6.07, 6.45) is -1.03. The molecule has 1 amide bonds. The molecule has 2 atom stereocenters. The van der Waals surface area contributed by atoms with Crippen LogP contribution in [0.2, 0.25) is 0 Å². The first-order valence-corrected chi connectivity index (χ1v) is 7.12. The highest BCUT2D eigenvalue weighted by molar-refractivity contribution is 5.81. The molecule has 5 heteroatoms. The molecule has 118 valence electrons. The van der Waals surface area contributed by atoms with Crippen molar-refractivity contribution in [2.24, 2.45) is 5.41 Å². The molecular formula is C16H24FNO3. The second kappa shape index (κ2) is 7.41. The van der Waals surface area contributed by atoms with E-state index in [-0.39, 0.29) is 23.6 Å². The van der Waals surface area contributed by atoms with Crippen molar-refractivity contribution in [1.29, 1.82) is 0 Å². The third kappa shape index (κ3) is 5.34. The molecule has 0 aromatic heterocycles. The molecular weight excluding hydrogens is 273 g/mol. The third-order valence-electron chi connectivity index (χ3n) is 3.24. The molecule has 0 saturated carbocycles. The van der Waals surface area contributed by atoms with Crippen LogP contribution in [0.25, 0.3) is 0 Å². The van der Waals surface area contributed by atoms with Gasteiger partial charge in [0, 0.05) is 6.54 Å². The van der Waals surface area contributed by atoms with E-state index >= 15 is 0 Å². The number of hydrogen-bond donors (Lipinski definition) is 2. The van der Waals surface area contributed by atoms with Crippen molar-refractivity contribution in [3.63, 3.8) is 0 Å². The minimum atomic E-state index is -0.783. The second-order valence-corrected chi connectivity index (χ2v) is 6.07. The number of amides is 1. The van der Waals surface area contributed by atoms with Gasteiger partial charge in [0.25, 0.3) is 5.91 Å². The topological polar surface area (TPSA) is 58.6 Å². The van der Waals surface area contributed by atoms with Crippen molar-refractivity contribution >= 4 is 5.91 Å². The van der Waals surface area contributed by atoms with Crippen molar-refractivity contribution in [2.45, 2.75) is 46.3 Å². The van der Waals surface area contributed by atoms with E-state index in [0.717, 1.165) is 0 Å². The molecule has 0 radical (unpaired) electrons. The highest BCUT2D eigenvalue weighted by Crippen LogP contribution is 2.19. The SMILES string of the molecule is CCC(Oc1ccccc1F)C(=O)NCC(O)C(C)(C)C. The molecule has 0 heterocycles. The number of nitrogens with one attached hydrogen (secondary N) is 1. The highest BCUT2D eigenvalue weighted by atomic mass is 19.1. The maximum absolute atomic E-state index is 13.5. The number of carbonyl (C=O) groups excluding carboxylic acids is 1. The zero-order valence-electron chi connectivity index (χ0n) is 13.0. The Morgan fingerprint density at radius 2 is 2.00 bits per heavy atom. The monoisotopic (exact) mass is 297 g/mol. The van der Waals surface area contributed by atoms with Gasteiger partial charge in [-0.15, -0.1) is 0 Å². The van der Waals surface area contributed by atoms with Crippen LogP contribution >= 0.6 is 0 Å². The number of hydrogen-bond acceptors (Lipinski definition) is 3. The minimum absolute atomic E-state index is 0.0517. The van der Waals surface area contributed by atoms with Crippen molar-refractivity contribution in [1.82, 2.24) is 5.32 Å². The van der Waals surface area contributed by atoms with Gasteiger partial charge in [0.1, 0.15) is 0 Å². The Morgan fingerprint density at radius 1 is 1.38 bits per heavy atom. The quantitative estimate of drug-likeness (QED) is 0.848. The first-order chi connectivity index (χ1) is 9.75. The van der Waals surface area contributed by atoms with Crippen LogP contribution in [0.3, 0.4) is 0 Å². The molecule has 1 aromatic carbocycles. The Bertz CT molecular complexity index is 471. The average molecular weight is 297 g/mol. The Morgan fingerprint density at radius 3 is 2.52 bits per heavy atom. The Kier molecular flexibility index (Phi) is 6.15. The third-order valence-corrected chi connectivity index (χ3v) is 3.24. The molecule has 0 fully saturated rings. The maximum atomic E-state index is 13.5. The summed E-state index contributed by atoms with van der Waals surface area (Å²) in [5, 5.41) is 12.6. The summed E-state index contributed by atoms with van der Waals surface area (Å²) in [6.45, 7) is 7.58. The van der Waals surface area contributed by atoms with E-state index < -0.39 is 18.0 Å². The van der Waals surface area contributed by atoms with Gasteiger partial charge in [0.05, 0.1) is 6.10 Å². The Balaban J connectivity index is 2.60. The molecule has 1 rings (SSSR count). The lowest BCUT2D eigenvalue weighted by atomic mass is 9.89. The van der Waals surface area contributed by atoms with Crippen LogP contribution in [0.4, 0.5) is 4.39 Å². The molecule has 2 unspecified atom stereocenters. The number of aliphatic hydroxyl groups is 1. The van der Waals surface area contributed by atoms with Crippen molar-refractivity contribution in [2.75, 3.05) is 6.54 Å². The molecule has 1 aromatic rings. The zero-order chi connectivity index (χ0) is 16.0. The smallest absolute Gasteiger partial charge is 0.261 e. The van der Waals surface area contributed by atoms with Crippen LogP contribution in [0.1, 0.15) is 34.1 Å². The summed E-state index contributed by atoms with van der Waals surface area (Å²) in [5.74, 6) is -0.807. The molecule has 0 bridgehead atoms. The van der Waals surface area contributed by atoms with Crippen LogP contribution in [0.15, 0.2) is 24.3 Å². The van der Waals surface area contributed by atoms with Crippen LogP contribution in [0.5, 0.6) is 5.75 Å². The van der Waals surface area contributed by atoms with Gasteiger partial charge in [0.15, 0.2) is 17.7 Å². The summed E-state index contributed by atoms with van der Waals surface area (Å²) in [4.78, 5) is 12.1. The van der Waals surface area contributed by atoms with Crippen LogP contribution in [0, 0.1) is 11.2 Å². The predicted molar refractivity (Wildman–Crippen MR) is 79.6 cm³/mol. The maximum Gasteiger partial charge on any atom is 0.261 e. The molecule has 0 aliphatic carbocycles. The van der Waals surface area contributed by atoms with Gasteiger partial charge in [0.2, 0.25) is 0 Å². The van der Waals surface area contributed by atoms with E-state index in [1.165, 1.54) is 12.1 Å². The molecule has 4 nitrogen and oxygen atoms in total. The molecule has 0 saturated heterocycles. The predicted octanol–water partition coefficient (Wildman–Crippen LogP) is 2.51. The molecule has 2 N–H and O–H groups in total. The lowest BCUT2D eigenvalue weighted by Gasteiger charge is -2.26. The minimum Gasteiger partial charge on any atom is -0.478 e. The van der Waals surface area contributed by atoms with E-state index in [0.29, 0.717) is 6.42 Å². The second-order valence-electron chi connectivity index (χ2n) is 6.07. The summed E-state index contributed by atoms with van der Waals surface area (Å²) in [6, 6.07) is 5.97. The number of carbonyl (C=O) groups is 1. The van der Waals surface area contributed by atoms with E-state index in [1.54, 1.807) is 19.1 Å². The summed E-state index contributed by atoms with van der Waals surface area (Å²) < 4.78 is 18.9. The molecule has 0 spiro atoms. The van der Waals surface area contributed by atoms with E-state index in [4.69, 9.17) is 4.74 Å². The number of rotatable bonds is 6. The van der Waals surface area contributed by atoms with Gasteiger partial charge in [-0.25, -0.2) is 4.39 Å². The van der Waals surface area contributed by atoms with Crippen molar-refractivity contribution in [3.8, 4) is 5.75 Å². The van der Waals surface area contributed by atoms with Gasteiger partial charge in [-0.3, -0.25) is 4.79 Å². The number of para-hydroxylation sites is 1. The van der Waals surface area contributed by atoms with Crippen LogP contribution < -0.4 is 10.1 Å². The number of aliphatic hydroxyl groups excluding tert-OH is 1. The normalized spacial score (nSPS) is 14.4. The molecule has 21 heavy (non-hydrogen) atoms.